The molecule has 3 aromatic rings. The number of sulfonamides is 1. The fourth-order valence-corrected chi connectivity index (χ4v) is 8.01. The maximum absolute atomic E-state index is 15.2. The molecule has 1 fully saturated rings. The minimum Gasteiger partial charge on any atom is -0.344 e. The van der Waals surface area contributed by atoms with E-state index in [0.29, 0.717) is 10.7 Å². The molecule has 1 unspecified atom stereocenters. The maximum atomic E-state index is 15.2. The highest BCUT2D eigenvalue weighted by Crippen LogP contribution is 2.68. The van der Waals surface area contributed by atoms with Crippen LogP contribution in [-0.2, 0) is 39.9 Å². The first-order chi connectivity index (χ1) is 24.2. The summed E-state index contributed by atoms with van der Waals surface area (Å²) in [5.41, 5.74) is -3.74. The highest BCUT2D eigenvalue weighted by atomic mass is 35.5. The van der Waals surface area contributed by atoms with Crippen LogP contribution in [0.5, 0.6) is 0 Å². The van der Waals surface area contributed by atoms with Crippen LogP contribution in [0, 0.1) is 17.6 Å². The van der Waals surface area contributed by atoms with Crippen molar-refractivity contribution < 1.29 is 43.9 Å². The molecule has 5 atom stereocenters. The molecule has 1 aliphatic heterocycles. The Morgan fingerprint density at radius 2 is 1.87 bits per heavy atom. The number of rotatable bonds is 8. The predicted molar refractivity (Wildman–Crippen MR) is 169 cm³/mol. The number of hydrogen-bond donors (Lipinski definition) is 2. The van der Waals surface area contributed by atoms with Crippen LogP contribution in [-0.4, -0.2) is 63.8 Å². The lowest BCUT2D eigenvalue weighted by Crippen LogP contribution is -2.44. The van der Waals surface area contributed by atoms with Crippen molar-refractivity contribution >= 4 is 33.4 Å². The van der Waals surface area contributed by atoms with Gasteiger partial charge in [0.1, 0.15) is 35.7 Å². The lowest BCUT2D eigenvalue weighted by molar-refractivity contribution is -0.142. The van der Waals surface area contributed by atoms with Gasteiger partial charge in [0.2, 0.25) is 15.9 Å². The summed E-state index contributed by atoms with van der Waals surface area (Å²) in [4.78, 5) is 31.6. The lowest BCUT2D eigenvalue weighted by atomic mass is 9.93. The zero-order valence-electron chi connectivity index (χ0n) is 26.8. The fraction of sp³-hybridized carbons (Fsp3) is 0.387. The first-order valence-corrected chi connectivity index (χ1v) is 17.8. The minimum absolute atomic E-state index is 0.0396. The number of aromatic nitrogens is 4. The highest BCUT2D eigenvalue weighted by molar-refractivity contribution is 7.89. The Morgan fingerprint density at radius 3 is 2.52 bits per heavy atom. The number of hydrazone groups is 1. The third-order valence-electron chi connectivity index (χ3n) is 9.22. The van der Waals surface area contributed by atoms with Crippen LogP contribution in [0.15, 0.2) is 63.1 Å². The molecule has 3 heterocycles. The molecule has 1 aromatic carbocycles. The molecule has 2 aromatic heterocycles. The van der Waals surface area contributed by atoms with Gasteiger partial charge in [-0.3, -0.25) is 28.6 Å². The number of fused-ring (bicyclic) bond motifs is 4. The van der Waals surface area contributed by atoms with Crippen molar-refractivity contribution in [3.8, 4) is 0 Å². The third-order valence-corrected chi connectivity index (χ3v) is 10.1. The van der Waals surface area contributed by atoms with Gasteiger partial charge in [-0.2, -0.15) is 32.2 Å². The van der Waals surface area contributed by atoms with E-state index in [4.69, 9.17) is 11.6 Å². The summed E-state index contributed by atoms with van der Waals surface area (Å²) in [7, 11) is -2.37. The quantitative estimate of drug-likeness (QED) is 0.332. The number of halogens is 8. The Kier molecular flexibility index (Phi) is 8.35. The predicted octanol–water partition coefficient (Wildman–Crippen LogP) is 3.83. The second-order valence-electron chi connectivity index (χ2n) is 12.9. The van der Waals surface area contributed by atoms with Crippen LogP contribution in [0.1, 0.15) is 52.8 Å². The number of nitrogens with one attached hydrogen (secondary N) is 2. The Balaban J connectivity index is 1.28. The van der Waals surface area contributed by atoms with Gasteiger partial charge >= 0.3 is 6.18 Å². The summed E-state index contributed by atoms with van der Waals surface area (Å²) < 4.78 is 129. The molecule has 0 saturated heterocycles. The van der Waals surface area contributed by atoms with E-state index in [1.807, 2.05) is 0 Å². The van der Waals surface area contributed by atoms with E-state index in [9.17, 15) is 40.0 Å². The topological polar surface area (TPSA) is 144 Å². The average molecular weight is 775 g/mol. The molecular weight excluding hydrogens is 749 g/mol. The van der Waals surface area contributed by atoms with Crippen molar-refractivity contribution in [2.24, 2.45) is 11.0 Å². The second kappa shape index (κ2) is 12.2. The number of carbonyl (C=O) groups is 1. The van der Waals surface area contributed by atoms with Crippen LogP contribution in [0.25, 0.3) is 0 Å². The number of carbonyl (C=O) groups excluding carboxylic acids is 1. The summed E-state index contributed by atoms with van der Waals surface area (Å²) in [5.74, 6) is -9.55. The molecule has 3 aliphatic carbocycles. The molecule has 7 rings (SSSR count). The molecule has 0 spiro atoms. The summed E-state index contributed by atoms with van der Waals surface area (Å²) in [6.07, 6.45) is -0.829. The first kappa shape index (κ1) is 35.7. The monoisotopic (exact) mass is 774 g/mol. The van der Waals surface area contributed by atoms with Gasteiger partial charge in [0.25, 0.3) is 11.5 Å². The smallest absolute Gasteiger partial charge is 0.344 e. The molecule has 0 bridgehead atoms. The van der Waals surface area contributed by atoms with Crippen molar-refractivity contribution in [1.82, 2.24) is 34.4 Å². The van der Waals surface area contributed by atoms with Crippen LogP contribution < -0.4 is 15.6 Å². The number of benzene rings is 1. The summed E-state index contributed by atoms with van der Waals surface area (Å²) in [5, 5.41) is 11.5. The standard InChI is InChI=1S/C31H26ClF7N8O4S/c1-45-25-20(4-3-18(32)24(25)28(43-45)44-52(2,50)51)47-22(49)5-6-40-29(47)19(9-13-7-14(33)10-15(34)8-13)41-21(48)12-46-27-23(26(42-46)31(37,38)39)16-11-17(16)30(27,35)36/h3-8,10,16-17,19-20,25H,9,11-12H2,1-2H3,(H,41,48)(H,43,44)/t16-,17+,19+,20+,25?/m0/s1. The van der Waals surface area contributed by atoms with E-state index in [1.54, 1.807) is 0 Å². The number of likely N-dealkylation sites (N-methyl/N-ethyl adjacent to an activating group) is 1. The van der Waals surface area contributed by atoms with Crippen LogP contribution in [0.3, 0.4) is 0 Å². The summed E-state index contributed by atoms with van der Waals surface area (Å²) >= 11 is 6.47. The molecule has 52 heavy (non-hydrogen) atoms. The molecular formula is C31H26ClF7N8O4S. The molecule has 1 saturated carbocycles. The summed E-state index contributed by atoms with van der Waals surface area (Å²) in [6, 6.07) is 0.102. The Hall–Kier alpha value is -4.72. The Labute approximate surface area is 294 Å². The van der Waals surface area contributed by atoms with E-state index in [2.05, 4.69) is 25.2 Å². The number of amidine groups is 1. The number of allylic oxidation sites excluding steroid dienone is 2. The van der Waals surface area contributed by atoms with Crippen LogP contribution in [0.2, 0.25) is 0 Å². The second-order valence-corrected chi connectivity index (χ2v) is 15.1. The molecule has 276 valence electrons. The number of hydrogen-bond acceptors (Lipinski definition) is 8. The fourth-order valence-electron chi connectivity index (χ4n) is 7.23. The zero-order chi connectivity index (χ0) is 37.7. The molecule has 2 N–H and O–H groups in total. The van der Waals surface area contributed by atoms with Gasteiger partial charge in [-0.1, -0.05) is 17.7 Å². The Morgan fingerprint density at radius 1 is 1.17 bits per heavy atom. The van der Waals surface area contributed by atoms with E-state index in [1.165, 1.54) is 24.2 Å². The van der Waals surface area contributed by atoms with Crippen LogP contribution >= 0.6 is 11.6 Å². The van der Waals surface area contributed by atoms with Gasteiger partial charge in [0, 0.05) is 53.9 Å². The number of amides is 1. The third kappa shape index (κ3) is 6.24. The van der Waals surface area contributed by atoms with Gasteiger partial charge < -0.3 is 5.32 Å². The summed E-state index contributed by atoms with van der Waals surface area (Å²) in [6.45, 7) is -1.11. The molecule has 12 nitrogen and oxygen atoms in total. The molecule has 21 heteroatoms. The average Bonchev–Trinajstić information content (AvgIpc) is 3.55. The van der Waals surface area contributed by atoms with Crippen molar-refractivity contribution in [1.29, 1.82) is 0 Å². The maximum Gasteiger partial charge on any atom is 0.435 e. The normalized spacial score (nSPS) is 23.6. The number of alkyl halides is 5. The van der Waals surface area contributed by atoms with Crippen molar-refractivity contribution in [3.63, 3.8) is 0 Å². The van der Waals surface area contributed by atoms with Crippen molar-refractivity contribution in [2.45, 2.75) is 55.5 Å². The van der Waals surface area contributed by atoms with E-state index in [0.717, 1.165) is 35.2 Å². The van der Waals surface area contributed by atoms with Crippen LogP contribution in [0.4, 0.5) is 30.7 Å². The van der Waals surface area contributed by atoms with E-state index >= 15 is 8.78 Å². The van der Waals surface area contributed by atoms with Gasteiger partial charge in [-0.15, -0.1) is 0 Å². The SMILES string of the molecule is CN1N=C(NS(C)(=O)=O)C2=C(Cl)C=C[C@@H](n3c([C@@H](Cc4cc(F)cc(F)c4)NC(=O)Cn4nc(C(F)(F)F)c5c4C(F)(F)[C@@H]4C[C@H]54)nccc3=O)C21. The molecule has 1 amide bonds. The minimum atomic E-state index is -5.08. The van der Waals surface area contributed by atoms with Crippen molar-refractivity contribution in [2.75, 3.05) is 13.3 Å². The van der Waals surface area contributed by atoms with Gasteiger partial charge in [-0.05, 0) is 36.1 Å². The van der Waals surface area contributed by atoms with Gasteiger partial charge in [-0.25, -0.2) is 22.2 Å². The highest BCUT2D eigenvalue weighted by Gasteiger charge is 2.68. The van der Waals surface area contributed by atoms with Crippen molar-refractivity contribution in [3.05, 3.63) is 104 Å². The molecule has 0 radical (unpaired) electrons. The lowest BCUT2D eigenvalue weighted by Gasteiger charge is -2.34. The number of nitrogens with zero attached hydrogens (tertiary/aromatic N) is 6. The molecule has 4 aliphatic rings. The van der Waals surface area contributed by atoms with Gasteiger partial charge in [0.15, 0.2) is 11.5 Å². The largest absolute Gasteiger partial charge is 0.435 e. The zero-order valence-corrected chi connectivity index (χ0v) is 28.4. The van der Waals surface area contributed by atoms with E-state index in [-0.39, 0.29) is 34.2 Å². The van der Waals surface area contributed by atoms with Gasteiger partial charge in [0.05, 0.1) is 18.3 Å². The first-order valence-electron chi connectivity index (χ1n) is 15.5. The van der Waals surface area contributed by atoms with E-state index < -0.39 is 105 Å². The Bertz CT molecular complexity index is 2270.